The fourth-order valence-corrected chi connectivity index (χ4v) is 3.12. The summed E-state index contributed by atoms with van der Waals surface area (Å²) in [5.41, 5.74) is 0.0493. The molecule has 1 aromatic rings. The zero-order chi connectivity index (χ0) is 22.4. The lowest BCUT2D eigenvalue weighted by atomic mass is 10.1. The van der Waals surface area contributed by atoms with Gasteiger partial charge in [0.2, 0.25) is 0 Å². The van der Waals surface area contributed by atoms with Crippen molar-refractivity contribution in [3.63, 3.8) is 0 Å². The van der Waals surface area contributed by atoms with E-state index in [2.05, 4.69) is 6.92 Å². The molecule has 0 heterocycles. The van der Waals surface area contributed by atoms with Crippen LogP contribution >= 0.6 is 0 Å². The Hall–Kier alpha value is -1.70. The van der Waals surface area contributed by atoms with Crippen molar-refractivity contribution >= 4 is 5.69 Å². The minimum Gasteiger partial charge on any atom is -0.491 e. The molecule has 0 saturated carbocycles. The van der Waals surface area contributed by atoms with Gasteiger partial charge in [-0.1, -0.05) is 64.7 Å². The van der Waals surface area contributed by atoms with Gasteiger partial charge in [-0.15, -0.1) is 0 Å². The van der Waals surface area contributed by atoms with Gasteiger partial charge in [0.15, 0.2) is 0 Å². The highest BCUT2D eigenvalue weighted by molar-refractivity contribution is 5.35. The Morgan fingerprint density at radius 3 is 1.61 bits per heavy atom. The van der Waals surface area contributed by atoms with Crippen LogP contribution in [0.2, 0.25) is 0 Å². The van der Waals surface area contributed by atoms with E-state index in [9.17, 15) is 10.1 Å². The van der Waals surface area contributed by atoms with E-state index >= 15 is 0 Å². The number of benzene rings is 1. The first kappa shape index (κ1) is 27.3. The number of rotatable bonds is 22. The van der Waals surface area contributed by atoms with E-state index in [0.717, 1.165) is 13.0 Å². The molecule has 31 heavy (non-hydrogen) atoms. The molecule has 0 bridgehead atoms. The highest BCUT2D eigenvalue weighted by Gasteiger charge is 2.04. The molecule has 0 unspecified atom stereocenters. The van der Waals surface area contributed by atoms with Crippen LogP contribution in [0.3, 0.4) is 0 Å². The maximum atomic E-state index is 10.6. The highest BCUT2D eigenvalue weighted by Crippen LogP contribution is 2.17. The topological polar surface area (TPSA) is 80.1 Å². The minimum atomic E-state index is -0.435. The SMILES string of the molecule is CCCCCCCCCCCCOCCOCCOCCOc1ccc([N+](=O)[O-])cc1. The lowest BCUT2D eigenvalue weighted by Crippen LogP contribution is -2.13. The van der Waals surface area contributed by atoms with Gasteiger partial charge >= 0.3 is 0 Å². The number of hydrogen-bond acceptors (Lipinski definition) is 6. The van der Waals surface area contributed by atoms with Crippen LogP contribution in [0.1, 0.15) is 71.1 Å². The average molecular weight is 440 g/mol. The molecule has 178 valence electrons. The molecule has 7 nitrogen and oxygen atoms in total. The third-order valence-electron chi connectivity index (χ3n) is 4.93. The standard InChI is InChI=1S/C24H41NO6/c1-2-3-4-5-6-7-8-9-10-11-16-28-17-18-29-19-20-30-21-22-31-24-14-12-23(13-15-24)25(26)27/h12-15H,2-11,16-22H2,1H3. The molecule has 0 aliphatic heterocycles. The van der Waals surface area contributed by atoms with E-state index in [4.69, 9.17) is 18.9 Å². The predicted octanol–water partition coefficient (Wildman–Crippen LogP) is 5.94. The summed E-state index contributed by atoms with van der Waals surface area (Å²) < 4.78 is 22.0. The summed E-state index contributed by atoms with van der Waals surface area (Å²) in [5.74, 6) is 0.588. The van der Waals surface area contributed by atoms with Crippen LogP contribution in [0.4, 0.5) is 5.69 Å². The second-order valence-electron chi connectivity index (χ2n) is 7.62. The number of non-ortho nitro benzene ring substituents is 1. The quantitative estimate of drug-likeness (QED) is 0.126. The Morgan fingerprint density at radius 1 is 0.645 bits per heavy atom. The lowest BCUT2D eigenvalue weighted by molar-refractivity contribution is -0.384. The molecule has 0 spiro atoms. The first-order valence-corrected chi connectivity index (χ1v) is 11.8. The number of nitro benzene ring substituents is 1. The molecule has 0 aliphatic carbocycles. The summed E-state index contributed by atoms with van der Waals surface area (Å²) in [6, 6.07) is 6.00. The van der Waals surface area contributed by atoms with E-state index < -0.39 is 4.92 Å². The zero-order valence-electron chi connectivity index (χ0n) is 19.2. The summed E-state index contributed by atoms with van der Waals surface area (Å²) in [5, 5.41) is 10.6. The van der Waals surface area contributed by atoms with Gasteiger partial charge in [0.05, 0.1) is 38.0 Å². The van der Waals surface area contributed by atoms with Crippen molar-refractivity contribution < 1.29 is 23.9 Å². The molecule has 1 aromatic carbocycles. The van der Waals surface area contributed by atoms with Gasteiger partial charge < -0.3 is 18.9 Å². The van der Waals surface area contributed by atoms with E-state index in [1.54, 1.807) is 12.1 Å². The summed E-state index contributed by atoms with van der Waals surface area (Å²) in [6.45, 7) is 6.14. The molecule has 0 fully saturated rings. The number of hydrogen-bond donors (Lipinski definition) is 0. The predicted molar refractivity (Wildman–Crippen MR) is 123 cm³/mol. The van der Waals surface area contributed by atoms with E-state index in [0.29, 0.717) is 45.4 Å². The molecule has 0 atom stereocenters. The summed E-state index contributed by atoms with van der Waals surface area (Å²) in [4.78, 5) is 10.2. The molecule has 0 saturated heterocycles. The Bertz CT molecular complexity index is 537. The van der Waals surface area contributed by atoms with Crippen molar-refractivity contribution in [2.45, 2.75) is 71.1 Å². The molecule has 0 aliphatic rings. The Balaban J connectivity index is 1.75. The Kier molecular flexibility index (Phi) is 17.8. The molecule has 7 heteroatoms. The van der Waals surface area contributed by atoms with E-state index in [1.807, 2.05) is 0 Å². The Morgan fingerprint density at radius 2 is 1.10 bits per heavy atom. The van der Waals surface area contributed by atoms with Gasteiger partial charge in [-0.2, -0.15) is 0 Å². The maximum Gasteiger partial charge on any atom is 0.269 e. The zero-order valence-corrected chi connectivity index (χ0v) is 19.2. The first-order chi connectivity index (χ1) is 15.2. The van der Waals surface area contributed by atoms with Crippen molar-refractivity contribution in [3.05, 3.63) is 34.4 Å². The van der Waals surface area contributed by atoms with Crippen molar-refractivity contribution in [3.8, 4) is 5.75 Å². The molecule has 0 amide bonds. The largest absolute Gasteiger partial charge is 0.491 e. The van der Waals surface area contributed by atoms with Gasteiger partial charge in [-0.25, -0.2) is 0 Å². The summed E-state index contributed by atoms with van der Waals surface area (Å²) in [7, 11) is 0. The van der Waals surface area contributed by atoms with Crippen LogP contribution in [-0.2, 0) is 14.2 Å². The van der Waals surface area contributed by atoms with Crippen LogP contribution < -0.4 is 4.74 Å². The van der Waals surface area contributed by atoms with E-state index in [-0.39, 0.29) is 5.69 Å². The van der Waals surface area contributed by atoms with Gasteiger partial charge in [0.25, 0.3) is 5.69 Å². The fourth-order valence-electron chi connectivity index (χ4n) is 3.12. The van der Waals surface area contributed by atoms with Crippen molar-refractivity contribution in [2.75, 3.05) is 46.2 Å². The average Bonchev–Trinajstić information content (AvgIpc) is 2.78. The number of unbranched alkanes of at least 4 members (excludes halogenated alkanes) is 9. The van der Waals surface area contributed by atoms with Gasteiger partial charge in [-0.05, 0) is 18.6 Å². The molecule has 1 rings (SSSR count). The van der Waals surface area contributed by atoms with Crippen LogP contribution in [-0.4, -0.2) is 51.2 Å². The smallest absolute Gasteiger partial charge is 0.269 e. The molecule has 0 aromatic heterocycles. The van der Waals surface area contributed by atoms with Crippen molar-refractivity contribution in [1.29, 1.82) is 0 Å². The van der Waals surface area contributed by atoms with Crippen molar-refractivity contribution in [2.24, 2.45) is 0 Å². The Labute approximate surface area is 187 Å². The second-order valence-corrected chi connectivity index (χ2v) is 7.62. The minimum absolute atomic E-state index is 0.0493. The third-order valence-corrected chi connectivity index (χ3v) is 4.93. The lowest BCUT2D eigenvalue weighted by Gasteiger charge is -2.08. The van der Waals surface area contributed by atoms with Crippen LogP contribution in [0, 0.1) is 10.1 Å². The molecule has 0 radical (unpaired) electrons. The van der Waals surface area contributed by atoms with Crippen molar-refractivity contribution in [1.82, 2.24) is 0 Å². The van der Waals surface area contributed by atoms with E-state index in [1.165, 1.54) is 69.9 Å². The maximum absolute atomic E-state index is 10.6. The summed E-state index contributed by atoms with van der Waals surface area (Å²) >= 11 is 0. The molecule has 0 N–H and O–H groups in total. The first-order valence-electron chi connectivity index (χ1n) is 11.8. The number of nitrogens with zero attached hydrogens (tertiary/aromatic N) is 1. The fraction of sp³-hybridized carbons (Fsp3) is 0.750. The second kappa shape index (κ2) is 20.2. The third kappa shape index (κ3) is 16.6. The van der Waals surface area contributed by atoms with Crippen LogP contribution in [0.5, 0.6) is 5.75 Å². The van der Waals surface area contributed by atoms with Gasteiger partial charge in [-0.3, -0.25) is 10.1 Å². The van der Waals surface area contributed by atoms with Crippen LogP contribution in [0.15, 0.2) is 24.3 Å². The van der Waals surface area contributed by atoms with Gasteiger partial charge in [0, 0.05) is 18.7 Å². The molecular weight excluding hydrogens is 398 g/mol. The molecular formula is C24H41NO6. The number of ether oxygens (including phenoxy) is 4. The highest BCUT2D eigenvalue weighted by atomic mass is 16.6. The van der Waals surface area contributed by atoms with Crippen LogP contribution in [0.25, 0.3) is 0 Å². The monoisotopic (exact) mass is 439 g/mol. The van der Waals surface area contributed by atoms with Gasteiger partial charge in [0.1, 0.15) is 12.4 Å². The summed E-state index contributed by atoms with van der Waals surface area (Å²) in [6.07, 6.45) is 13.3. The number of nitro groups is 1. The normalized spacial score (nSPS) is 11.0.